The van der Waals surface area contributed by atoms with E-state index in [-0.39, 0.29) is 5.82 Å². The van der Waals surface area contributed by atoms with Crippen molar-refractivity contribution in [1.82, 2.24) is 9.97 Å². The first-order chi connectivity index (χ1) is 7.22. The van der Waals surface area contributed by atoms with Gasteiger partial charge in [0.15, 0.2) is 0 Å². The Morgan fingerprint density at radius 3 is 3.00 bits per heavy atom. The lowest BCUT2D eigenvalue weighted by molar-refractivity contribution is 1.13. The van der Waals surface area contributed by atoms with Crippen molar-refractivity contribution in [3.05, 3.63) is 40.3 Å². The van der Waals surface area contributed by atoms with Gasteiger partial charge >= 0.3 is 5.69 Å². The molecule has 0 atom stereocenters. The number of nitrogens with zero attached hydrogens (tertiary/aromatic N) is 1. The Bertz CT molecular complexity index is 584. The summed E-state index contributed by atoms with van der Waals surface area (Å²) in [6.07, 6.45) is 3.85. The Balaban J connectivity index is 2.91. The van der Waals surface area contributed by atoms with Gasteiger partial charge in [0.25, 0.3) is 0 Å². The first kappa shape index (κ1) is 9.45. The minimum Gasteiger partial charge on any atom is -0.383 e. The fourth-order valence-corrected chi connectivity index (χ4v) is 1.59. The number of fused-ring (bicyclic) bond motifs is 1. The first-order valence-electron chi connectivity index (χ1n) is 4.63. The van der Waals surface area contributed by atoms with Crippen molar-refractivity contribution in [2.45, 2.75) is 6.92 Å². The summed E-state index contributed by atoms with van der Waals surface area (Å²) in [7, 11) is 0. The minimum absolute atomic E-state index is 0.266. The molecular weight excluding hydrogens is 190 g/mol. The van der Waals surface area contributed by atoms with Gasteiger partial charge in [0.05, 0.1) is 5.52 Å². The van der Waals surface area contributed by atoms with Crippen molar-refractivity contribution in [3.63, 3.8) is 0 Å². The van der Waals surface area contributed by atoms with Crippen molar-refractivity contribution in [3.8, 4) is 0 Å². The van der Waals surface area contributed by atoms with Crippen LogP contribution in [-0.2, 0) is 0 Å². The van der Waals surface area contributed by atoms with Gasteiger partial charge in [0.1, 0.15) is 5.82 Å². The molecule has 0 spiro atoms. The molecular formula is C11H11N3O. The van der Waals surface area contributed by atoms with E-state index in [9.17, 15) is 4.79 Å². The summed E-state index contributed by atoms with van der Waals surface area (Å²) in [4.78, 5) is 17.4. The van der Waals surface area contributed by atoms with Gasteiger partial charge in [-0.05, 0) is 18.6 Å². The van der Waals surface area contributed by atoms with Crippen LogP contribution in [-0.4, -0.2) is 9.97 Å². The van der Waals surface area contributed by atoms with Crippen LogP contribution in [0, 0.1) is 0 Å². The summed E-state index contributed by atoms with van der Waals surface area (Å²) in [6.45, 7) is 1.92. The number of aromatic amines is 1. The van der Waals surface area contributed by atoms with Crippen molar-refractivity contribution in [2.24, 2.45) is 0 Å². The zero-order valence-electron chi connectivity index (χ0n) is 8.32. The third-order valence-corrected chi connectivity index (χ3v) is 2.16. The molecule has 0 unspecified atom stereocenters. The van der Waals surface area contributed by atoms with Crippen molar-refractivity contribution >= 4 is 22.8 Å². The van der Waals surface area contributed by atoms with Crippen LogP contribution in [0.3, 0.4) is 0 Å². The number of nitrogen functional groups attached to an aromatic ring is 1. The van der Waals surface area contributed by atoms with Crippen molar-refractivity contribution in [2.75, 3.05) is 5.73 Å². The smallest absolute Gasteiger partial charge is 0.347 e. The third-order valence-electron chi connectivity index (χ3n) is 2.16. The molecule has 76 valence electrons. The number of anilines is 1. The van der Waals surface area contributed by atoms with Crippen LogP contribution in [0.1, 0.15) is 12.5 Å². The molecule has 0 amide bonds. The summed E-state index contributed by atoms with van der Waals surface area (Å²) in [5.41, 5.74) is 6.97. The van der Waals surface area contributed by atoms with E-state index in [4.69, 9.17) is 5.73 Å². The molecule has 0 radical (unpaired) electrons. The fourth-order valence-electron chi connectivity index (χ4n) is 1.59. The summed E-state index contributed by atoms with van der Waals surface area (Å²) in [5.74, 6) is 0.266. The molecule has 1 aromatic heterocycles. The van der Waals surface area contributed by atoms with Gasteiger partial charge in [0.2, 0.25) is 0 Å². The van der Waals surface area contributed by atoms with Crippen molar-refractivity contribution < 1.29 is 0 Å². The topological polar surface area (TPSA) is 71.8 Å². The maximum atomic E-state index is 11.1. The molecule has 4 nitrogen and oxygen atoms in total. The van der Waals surface area contributed by atoms with Crippen LogP contribution in [0.15, 0.2) is 29.1 Å². The Labute approximate surface area is 86.5 Å². The number of hydrogen-bond acceptors (Lipinski definition) is 3. The predicted octanol–water partition coefficient (Wildman–Crippen LogP) is 1.54. The molecule has 2 rings (SSSR count). The average molecular weight is 201 g/mol. The van der Waals surface area contributed by atoms with E-state index in [1.807, 2.05) is 37.3 Å². The molecule has 0 saturated carbocycles. The lowest BCUT2D eigenvalue weighted by Gasteiger charge is -2.03. The highest BCUT2D eigenvalue weighted by Crippen LogP contribution is 2.21. The standard InChI is InChI=1S/C11H11N3O/c1-2-4-7-5-3-6-8-9(7)10(12)14-11(15)13-8/h2-6H,1H3,(H3,12,13,14,15). The van der Waals surface area contributed by atoms with Gasteiger partial charge in [-0.25, -0.2) is 4.79 Å². The summed E-state index contributed by atoms with van der Waals surface area (Å²) < 4.78 is 0. The van der Waals surface area contributed by atoms with Crippen LogP contribution in [0.25, 0.3) is 17.0 Å². The number of nitrogens with one attached hydrogen (secondary N) is 1. The lowest BCUT2D eigenvalue weighted by Crippen LogP contribution is -2.12. The number of allylic oxidation sites excluding steroid dienone is 1. The number of nitrogens with two attached hydrogens (primary N) is 1. The van der Waals surface area contributed by atoms with Gasteiger partial charge in [-0.1, -0.05) is 24.3 Å². The third kappa shape index (κ3) is 1.61. The molecule has 4 heteroatoms. The Kier molecular flexibility index (Phi) is 2.25. The normalized spacial score (nSPS) is 11.3. The van der Waals surface area contributed by atoms with E-state index in [0.29, 0.717) is 5.52 Å². The Hall–Kier alpha value is -2.10. The number of aromatic nitrogens is 2. The second-order valence-electron chi connectivity index (χ2n) is 3.20. The van der Waals surface area contributed by atoms with Crippen LogP contribution >= 0.6 is 0 Å². The largest absolute Gasteiger partial charge is 0.383 e. The highest BCUT2D eigenvalue weighted by molar-refractivity contribution is 5.95. The molecule has 0 saturated heterocycles. The summed E-state index contributed by atoms with van der Waals surface area (Å²) >= 11 is 0. The zero-order chi connectivity index (χ0) is 10.8. The second kappa shape index (κ2) is 3.57. The molecule has 0 aliphatic carbocycles. The molecule has 2 aromatic rings. The van der Waals surface area contributed by atoms with Crippen LogP contribution in [0.2, 0.25) is 0 Å². The van der Waals surface area contributed by atoms with Crippen LogP contribution in [0.4, 0.5) is 5.82 Å². The molecule has 15 heavy (non-hydrogen) atoms. The predicted molar refractivity (Wildman–Crippen MR) is 61.5 cm³/mol. The van der Waals surface area contributed by atoms with E-state index in [0.717, 1.165) is 10.9 Å². The molecule has 1 heterocycles. The lowest BCUT2D eigenvalue weighted by atomic mass is 10.1. The monoisotopic (exact) mass is 201 g/mol. The summed E-state index contributed by atoms with van der Waals surface area (Å²) in [5, 5.41) is 0.787. The van der Waals surface area contributed by atoms with Gasteiger partial charge in [-0.3, -0.25) is 0 Å². The van der Waals surface area contributed by atoms with Gasteiger partial charge < -0.3 is 10.7 Å². The van der Waals surface area contributed by atoms with Crippen LogP contribution in [0.5, 0.6) is 0 Å². The van der Waals surface area contributed by atoms with Gasteiger partial charge in [-0.15, -0.1) is 0 Å². The minimum atomic E-state index is -0.419. The van der Waals surface area contributed by atoms with E-state index < -0.39 is 5.69 Å². The van der Waals surface area contributed by atoms with E-state index in [1.54, 1.807) is 0 Å². The highest BCUT2D eigenvalue weighted by atomic mass is 16.1. The van der Waals surface area contributed by atoms with E-state index in [2.05, 4.69) is 9.97 Å². The number of hydrogen-bond donors (Lipinski definition) is 2. The molecule has 1 aromatic carbocycles. The fraction of sp³-hybridized carbons (Fsp3) is 0.0909. The molecule has 0 fully saturated rings. The molecule has 0 aliphatic rings. The Morgan fingerprint density at radius 2 is 2.27 bits per heavy atom. The van der Waals surface area contributed by atoms with Gasteiger partial charge in [-0.2, -0.15) is 4.98 Å². The quantitative estimate of drug-likeness (QED) is 0.735. The SMILES string of the molecule is CC=Cc1cccc2[nH]c(=O)nc(N)c12. The van der Waals surface area contributed by atoms with Crippen LogP contribution < -0.4 is 11.4 Å². The molecule has 3 N–H and O–H groups in total. The first-order valence-corrected chi connectivity index (χ1v) is 4.63. The average Bonchev–Trinajstić information content (AvgIpc) is 2.17. The zero-order valence-corrected chi connectivity index (χ0v) is 8.32. The second-order valence-corrected chi connectivity index (χ2v) is 3.20. The maximum Gasteiger partial charge on any atom is 0.347 e. The van der Waals surface area contributed by atoms with Gasteiger partial charge in [0, 0.05) is 5.39 Å². The highest BCUT2D eigenvalue weighted by Gasteiger charge is 2.04. The maximum absolute atomic E-state index is 11.1. The Morgan fingerprint density at radius 1 is 1.47 bits per heavy atom. The number of rotatable bonds is 1. The van der Waals surface area contributed by atoms with E-state index in [1.165, 1.54) is 0 Å². The van der Waals surface area contributed by atoms with E-state index >= 15 is 0 Å². The molecule has 0 aliphatic heterocycles. The number of H-pyrrole nitrogens is 1. The summed E-state index contributed by atoms with van der Waals surface area (Å²) in [6, 6.07) is 5.60. The van der Waals surface area contributed by atoms with Crippen molar-refractivity contribution in [1.29, 1.82) is 0 Å². The number of benzene rings is 1. The molecule has 0 bridgehead atoms.